The molecule has 1 heterocycles. The summed E-state index contributed by atoms with van der Waals surface area (Å²) < 4.78 is 6.66. The topological polar surface area (TPSA) is 42.4 Å². The van der Waals surface area contributed by atoms with Crippen molar-refractivity contribution in [3.63, 3.8) is 0 Å². The van der Waals surface area contributed by atoms with Crippen LogP contribution >= 0.6 is 15.9 Å². The van der Waals surface area contributed by atoms with Crippen LogP contribution in [0.4, 0.5) is 0 Å². The zero-order valence-corrected chi connectivity index (χ0v) is 12.8. The average Bonchev–Trinajstić information content (AvgIpc) is 2.53. The van der Waals surface area contributed by atoms with Crippen molar-refractivity contribution in [2.24, 2.45) is 0 Å². The summed E-state index contributed by atoms with van der Waals surface area (Å²) in [4.78, 5) is 4.10. The van der Waals surface area contributed by atoms with Crippen molar-refractivity contribution in [3.8, 4) is 5.75 Å². The Balaban J connectivity index is 1.69. The third kappa shape index (κ3) is 3.40. The number of benzene rings is 2. The Bertz CT molecular complexity index is 743. The van der Waals surface area contributed by atoms with Gasteiger partial charge in [0.25, 0.3) is 0 Å². The molecule has 2 aromatic carbocycles. The molecule has 0 bridgehead atoms. The fourth-order valence-corrected chi connectivity index (χ4v) is 2.37. The highest BCUT2D eigenvalue weighted by Gasteiger charge is 2.08. The molecule has 0 radical (unpaired) electrons. The second-order valence-electron chi connectivity index (χ2n) is 4.76. The summed E-state index contributed by atoms with van der Waals surface area (Å²) in [6, 6.07) is 15.3. The maximum atomic E-state index is 10.1. The SMILES string of the molecule is OC(COc1ccc2ccncc2c1)c1ccc(Br)cc1. The molecule has 21 heavy (non-hydrogen) atoms. The smallest absolute Gasteiger partial charge is 0.120 e. The molecule has 4 heteroatoms. The number of aliphatic hydroxyl groups excluding tert-OH is 1. The van der Waals surface area contributed by atoms with Crippen LogP contribution in [0.2, 0.25) is 0 Å². The summed E-state index contributed by atoms with van der Waals surface area (Å²) in [6.07, 6.45) is 2.91. The van der Waals surface area contributed by atoms with E-state index in [1.54, 1.807) is 12.4 Å². The van der Waals surface area contributed by atoms with Crippen LogP contribution in [-0.2, 0) is 0 Å². The second kappa shape index (κ2) is 6.24. The summed E-state index contributed by atoms with van der Waals surface area (Å²) in [5.41, 5.74) is 0.834. The number of aromatic nitrogens is 1. The number of pyridine rings is 1. The molecule has 1 atom stereocenters. The molecule has 0 spiro atoms. The monoisotopic (exact) mass is 343 g/mol. The van der Waals surface area contributed by atoms with Gasteiger partial charge in [0.05, 0.1) is 0 Å². The molecule has 0 aliphatic carbocycles. The Hall–Kier alpha value is -1.91. The molecule has 1 unspecified atom stereocenters. The van der Waals surface area contributed by atoms with Crippen molar-refractivity contribution in [1.82, 2.24) is 4.98 Å². The Labute approximate surface area is 131 Å². The lowest BCUT2D eigenvalue weighted by Crippen LogP contribution is -2.09. The van der Waals surface area contributed by atoms with Crippen LogP contribution < -0.4 is 4.74 Å². The third-order valence-corrected chi connectivity index (χ3v) is 3.80. The van der Waals surface area contributed by atoms with E-state index < -0.39 is 6.10 Å². The number of ether oxygens (including phenoxy) is 1. The van der Waals surface area contributed by atoms with Crippen molar-refractivity contribution in [2.45, 2.75) is 6.10 Å². The molecule has 0 amide bonds. The lowest BCUT2D eigenvalue weighted by molar-refractivity contribution is 0.108. The van der Waals surface area contributed by atoms with E-state index in [9.17, 15) is 5.11 Å². The van der Waals surface area contributed by atoms with E-state index in [4.69, 9.17) is 4.74 Å². The van der Waals surface area contributed by atoms with Gasteiger partial charge in [-0.2, -0.15) is 0 Å². The lowest BCUT2D eigenvalue weighted by Gasteiger charge is -2.13. The van der Waals surface area contributed by atoms with Crippen molar-refractivity contribution in [2.75, 3.05) is 6.61 Å². The molecule has 106 valence electrons. The van der Waals surface area contributed by atoms with E-state index in [-0.39, 0.29) is 6.61 Å². The van der Waals surface area contributed by atoms with Gasteiger partial charge in [0, 0.05) is 22.3 Å². The molecule has 0 aliphatic heterocycles. The number of rotatable bonds is 4. The van der Waals surface area contributed by atoms with E-state index in [1.807, 2.05) is 48.5 Å². The first-order valence-electron chi connectivity index (χ1n) is 6.62. The van der Waals surface area contributed by atoms with Gasteiger partial charge in [0.2, 0.25) is 0 Å². The molecule has 3 rings (SSSR count). The van der Waals surface area contributed by atoms with Gasteiger partial charge >= 0.3 is 0 Å². The predicted octanol–water partition coefficient (Wildman–Crippen LogP) is 4.11. The van der Waals surface area contributed by atoms with Crippen LogP contribution in [0.25, 0.3) is 10.8 Å². The van der Waals surface area contributed by atoms with Gasteiger partial charge in [-0.15, -0.1) is 0 Å². The Morgan fingerprint density at radius 3 is 2.67 bits per heavy atom. The van der Waals surface area contributed by atoms with Crippen molar-refractivity contribution in [3.05, 3.63) is 71.0 Å². The molecular weight excluding hydrogens is 330 g/mol. The van der Waals surface area contributed by atoms with Crippen LogP contribution in [0, 0.1) is 0 Å². The highest BCUT2D eigenvalue weighted by Crippen LogP contribution is 2.22. The molecule has 3 nitrogen and oxygen atoms in total. The highest BCUT2D eigenvalue weighted by molar-refractivity contribution is 9.10. The molecule has 0 aliphatic rings. The summed E-state index contributed by atoms with van der Waals surface area (Å²) >= 11 is 3.37. The van der Waals surface area contributed by atoms with Crippen molar-refractivity contribution >= 4 is 26.7 Å². The van der Waals surface area contributed by atoms with Crippen molar-refractivity contribution in [1.29, 1.82) is 0 Å². The van der Waals surface area contributed by atoms with Crippen molar-refractivity contribution < 1.29 is 9.84 Å². The van der Waals surface area contributed by atoms with E-state index in [0.717, 1.165) is 26.6 Å². The molecule has 1 aromatic heterocycles. The zero-order chi connectivity index (χ0) is 14.7. The first-order chi connectivity index (χ1) is 10.2. The fraction of sp³-hybridized carbons (Fsp3) is 0.118. The normalized spacial score (nSPS) is 12.3. The van der Waals surface area contributed by atoms with Gasteiger partial charge in [-0.05, 0) is 41.3 Å². The number of aliphatic hydroxyl groups is 1. The van der Waals surface area contributed by atoms with Crippen LogP contribution in [0.15, 0.2) is 65.4 Å². The Morgan fingerprint density at radius 1 is 1.05 bits per heavy atom. The largest absolute Gasteiger partial charge is 0.491 e. The predicted molar refractivity (Wildman–Crippen MR) is 86.3 cm³/mol. The van der Waals surface area contributed by atoms with Gasteiger partial charge < -0.3 is 9.84 Å². The van der Waals surface area contributed by atoms with Gasteiger partial charge in [0.1, 0.15) is 18.5 Å². The highest BCUT2D eigenvalue weighted by atomic mass is 79.9. The van der Waals surface area contributed by atoms with Gasteiger partial charge in [-0.3, -0.25) is 4.98 Å². The molecule has 3 aromatic rings. The fourth-order valence-electron chi connectivity index (χ4n) is 2.11. The number of hydrogen-bond donors (Lipinski definition) is 1. The van der Waals surface area contributed by atoms with E-state index in [0.29, 0.717) is 0 Å². The minimum absolute atomic E-state index is 0.216. The molecule has 1 N–H and O–H groups in total. The summed E-state index contributed by atoms with van der Waals surface area (Å²) in [5, 5.41) is 12.3. The third-order valence-electron chi connectivity index (χ3n) is 3.27. The van der Waals surface area contributed by atoms with Crippen LogP contribution in [0.3, 0.4) is 0 Å². The second-order valence-corrected chi connectivity index (χ2v) is 5.68. The number of halogens is 1. The quantitative estimate of drug-likeness (QED) is 0.775. The summed E-state index contributed by atoms with van der Waals surface area (Å²) in [6.45, 7) is 0.216. The summed E-state index contributed by atoms with van der Waals surface area (Å²) in [7, 11) is 0. The van der Waals surface area contributed by atoms with Crippen LogP contribution in [0.5, 0.6) is 5.75 Å². The number of hydrogen-bond acceptors (Lipinski definition) is 3. The van der Waals surface area contributed by atoms with E-state index >= 15 is 0 Å². The van der Waals surface area contributed by atoms with Crippen LogP contribution in [-0.4, -0.2) is 16.7 Å². The van der Waals surface area contributed by atoms with E-state index in [2.05, 4.69) is 20.9 Å². The Kier molecular flexibility index (Phi) is 4.18. The molecular formula is C17H14BrNO2. The molecule has 0 saturated heterocycles. The van der Waals surface area contributed by atoms with Gasteiger partial charge in [0.15, 0.2) is 0 Å². The average molecular weight is 344 g/mol. The number of fused-ring (bicyclic) bond motifs is 1. The first-order valence-corrected chi connectivity index (χ1v) is 7.42. The molecule has 0 saturated carbocycles. The maximum absolute atomic E-state index is 10.1. The maximum Gasteiger partial charge on any atom is 0.120 e. The molecule has 0 fully saturated rings. The minimum Gasteiger partial charge on any atom is -0.491 e. The minimum atomic E-state index is -0.650. The Morgan fingerprint density at radius 2 is 1.86 bits per heavy atom. The zero-order valence-electron chi connectivity index (χ0n) is 11.2. The number of nitrogens with zero attached hydrogens (tertiary/aromatic N) is 1. The van der Waals surface area contributed by atoms with E-state index in [1.165, 1.54) is 0 Å². The summed E-state index contributed by atoms with van der Waals surface area (Å²) in [5.74, 6) is 0.728. The first kappa shape index (κ1) is 14.0. The van der Waals surface area contributed by atoms with Gasteiger partial charge in [-0.25, -0.2) is 0 Å². The van der Waals surface area contributed by atoms with Gasteiger partial charge in [-0.1, -0.05) is 34.1 Å². The van der Waals surface area contributed by atoms with Crippen LogP contribution in [0.1, 0.15) is 11.7 Å². The standard InChI is InChI=1S/C17H14BrNO2/c18-15-4-1-13(2-5-15)17(20)11-21-16-6-3-12-7-8-19-10-14(12)9-16/h1-10,17,20H,11H2. The lowest BCUT2D eigenvalue weighted by atomic mass is 10.1.